The number of aliphatic hydroxyl groups is 1. The zero-order valence-electron chi connectivity index (χ0n) is 10.8. The number of halogens is 1. The van der Waals surface area contributed by atoms with Crippen molar-refractivity contribution in [3.63, 3.8) is 0 Å². The summed E-state index contributed by atoms with van der Waals surface area (Å²) >= 11 is 5.54. The standard InChI is InChI=1S/C15H17ClN2O/c1-11-6-7-17-15(8-11)12-2-4-13(5-3-12)18-10-14(19)9-16/h2-8,14,18-19H,9-10H2,1H3. The predicted molar refractivity (Wildman–Crippen MR) is 79.6 cm³/mol. The first-order chi connectivity index (χ1) is 9.19. The summed E-state index contributed by atoms with van der Waals surface area (Å²) in [7, 11) is 0. The number of nitrogens with one attached hydrogen (secondary N) is 1. The summed E-state index contributed by atoms with van der Waals surface area (Å²) in [4.78, 5) is 4.35. The van der Waals surface area contributed by atoms with Gasteiger partial charge in [0.25, 0.3) is 0 Å². The number of nitrogens with zero attached hydrogens (tertiary/aromatic N) is 1. The van der Waals surface area contributed by atoms with Crippen LogP contribution in [0.25, 0.3) is 11.3 Å². The van der Waals surface area contributed by atoms with Crippen molar-refractivity contribution in [2.45, 2.75) is 13.0 Å². The van der Waals surface area contributed by atoms with Crippen LogP contribution < -0.4 is 5.32 Å². The molecule has 2 N–H and O–H groups in total. The number of rotatable bonds is 5. The maximum atomic E-state index is 9.38. The average Bonchev–Trinajstić information content (AvgIpc) is 2.45. The van der Waals surface area contributed by atoms with E-state index in [-0.39, 0.29) is 5.88 Å². The Bertz CT molecular complexity index is 528. The molecule has 0 aliphatic rings. The SMILES string of the molecule is Cc1ccnc(-c2ccc(NCC(O)CCl)cc2)c1. The Hall–Kier alpha value is -1.58. The van der Waals surface area contributed by atoms with Gasteiger partial charge in [0.05, 0.1) is 17.7 Å². The molecule has 1 aromatic carbocycles. The molecule has 100 valence electrons. The van der Waals surface area contributed by atoms with Crippen LogP contribution >= 0.6 is 11.6 Å². The molecule has 0 aliphatic heterocycles. The average molecular weight is 277 g/mol. The molecule has 0 fully saturated rings. The normalized spacial score (nSPS) is 12.2. The van der Waals surface area contributed by atoms with Crippen molar-refractivity contribution in [1.82, 2.24) is 4.98 Å². The minimum Gasteiger partial charge on any atom is -0.390 e. The Balaban J connectivity index is 2.06. The van der Waals surface area contributed by atoms with E-state index in [9.17, 15) is 5.11 Å². The molecule has 0 spiro atoms. The Kier molecular flexibility index (Phi) is 4.77. The lowest BCUT2D eigenvalue weighted by molar-refractivity contribution is 0.211. The second-order valence-electron chi connectivity index (χ2n) is 4.48. The monoisotopic (exact) mass is 276 g/mol. The van der Waals surface area contributed by atoms with Gasteiger partial charge in [0.2, 0.25) is 0 Å². The van der Waals surface area contributed by atoms with Crippen LogP contribution in [-0.4, -0.2) is 28.6 Å². The third-order valence-electron chi connectivity index (χ3n) is 2.82. The third kappa shape index (κ3) is 3.94. The summed E-state index contributed by atoms with van der Waals surface area (Å²) in [5.74, 6) is 0.234. The molecular formula is C15H17ClN2O. The largest absolute Gasteiger partial charge is 0.390 e. The van der Waals surface area contributed by atoms with Crippen LogP contribution in [0.1, 0.15) is 5.56 Å². The minimum atomic E-state index is -0.528. The van der Waals surface area contributed by atoms with E-state index >= 15 is 0 Å². The topological polar surface area (TPSA) is 45.2 Å². The zero-order valence-corrected chi connectivity index (χ0v) is 11.6. The minimum absolute atomic E-state index is 0.234. The van der Waals surface area contributed by atoms with E-state index in [1.54, 1.807) is 0 Å². The van der Waals surface area contributed by atoms with Crippen LogP contribution in [0.5, 0.6) is 0 Å². The Morgan fingerprint density at radius 1 is 1.26 bits per heavy atom. The molecule has 2 rings (SSSR count). The number of alkyl halides is 1. The van der Waals surface area contributed by atoms with Crippen molar-refractivity contribution in [3.05, 3.63) is 48.2 Å². The second-order valence-corrected chi connectivity index (χ2v) is 4.79. The molecule has 1 heterocycles. The van der Waals surface area contributed by atoms with Crippen molar-refractivity contribution < 1.29 is 5.11 Å². The molecule has 0 radical (unpaired) electrons. The van der Waals surface area contributed by atoms with Crippen LogP contribution in [0, 0.1) is 6.92 Å². The highest BCUT2D eigenvalue weighted by Gasteiger charge is 2.02. The van der Waals surface area contributed by atoms with Crippen molar-refractivity contribution in [2.75, 3.05) is 17.7 Å². The Morgan fingerprint density at radius 2 is 2.00 bits per heavy atom. The molecule has 1 unspecified atom stereocenters. The molecule has 3 nitrogen and oxygen atoms in total. The first-order valence-corrected chi connectivity index (χ1v) is 6.73. The number of pyridine rings is 1. The molecule has 2 aromatic rings. The van der Waals surface area contributed by atoms with Gasteiger partial charge in [0, 0.05) is 24.0 Å². The van der Waals surface area contributed by atoms with Gasteiger partial charge in [-0.15, -0.1) is 11.6 Å². The van der Waals surface area contributed by atoms with E-state index in [0.717, 1.165) is 16.9 Å². The molecule has 0 bridgehead atoms. The number of hydrogen-bond donors (Lipinski definition) is 2. The van der Waals surface area contributed by atoms with Crippen LogP contribution in [0.15, 0.2) is 42.6 Å². The van der Waals surface area contributed by atoms with E-state index in [1.165, 1.54) is 5.56 Å². The van der Waals surface area contributed by atoms with E-state index in [0.29, 0.717) is 6.54 Å². The Labute approximate surface area is 118 Å². The number of aryl methyl sites for hydroxylation is 1. The zero-order chi connectivity index (χ0) is 13.7. The third-order valence-corrected chi connectivity index (χ3v) is 3.17. The van der Waals surface area contributed by atoms with Gasteiger partial charge in [0.15, 0.2) is 0 Å². The lowest BCUT2D eigenvalue weighted by Crippen LogP contribution is -2.20. The summed E-state index contributed by atoms with van der Waals surface area (Å²) in [5.41, 5.74) is 4.19. The van der Waals surface area contributed by atoms with Crippen molar-refractivity contribution in [2.24, 2.45) is 0 Å². The fourth-order valence-electron chi connectivity index (χ4n) is 1.74. The number of benzene rings is 1. The lowest BCUT2D eigenvalue weighted by atomic mass is 10.1. The first-order valence-electron chi connectivity index (χ1n) is 6.20. The van der Waals surface area contributed by atoms with Crippen molar-refractivity contribution in [1.29, 1.82) is 0 Å². The molecule has 0 saturated heterocycles. The summed E-state index contributed by atoms with van der Waals surface area (Å²) in [6.45, 7) is 2.50. The maximum absolute atomic E-state index is 9.38. The smallest absolute Gasteiger partial charge is 0.0847 e. The fraction of sp³-hybridized carbons (Fsp3) is 0.267. The number of hydrogen-bond acceptors (Lipinski definition) is 3. The molecule has 0 amide bonds. The van der Waals surface area contributed by atoms with Crippen molar-refractivity contribution >= 4 is 17.3 Å². The molecule has 0 aliphatic carbocycles. The fourth-order valence-corrected chi connectivity index (χ4v) is 1.85. The van der Waals surface area contributed by atoms with Gasteiger partial charge < -0.3 is 10.4 Å². The van der Waals surface area contributed by atoms with Crippen LogP contribution in [0.4, 0.5) is 5.69 Å². The van der Waals surface area contributed by atoms with Crippen molar-refractivity contribution in [3.8, 4) is 11.3 Å². The Morgan fingerprint density at radius 3 is 2.63 bits per heavy atom. The van der Waals surface area contributed by atoms with E-state index in [1.807, 2.05) is 36.5 Å². The summed E-state index contributed by atoms with van der Waals surface area (Å²) in [5, 5.41) is 12.5. The van der Waals surface area contributed by atoms with Crippen LogP contribution in [0.2, 0.25) is 0 Å². The van der Waals surface area contributed by atoms with Gasteiger partial charge >= 0.3 is 0 Å². The molecule has 0 saturated carbocycles. The van der Waals surface area contributed by atoms with E-state index in [2.05, 4.69) is 23.3 Å². The lowest BCUT2D eigenvalue weighted by Gasteiger charge is -2.10. The molecular weight excluding hydrogens is 260 g/mol. The number of aliphatic hydroxyl groups excluding tert-OH is 1. The van der Waals surface area contributed by atoms with E-state index in [4.69, 9.17) is 11.6 Å². The first kappa shape index (κ1) is 13.8. The maximum Gasteiger partial charge on any atom is 0.0847 e. The summed E-state index contributed by atoms with van der Waals surface area (Å²) < 4.78 is 0. The summed E-state index contributed by atoms with van der Waals surface area (Å²) in [6.07, 6.45) is 1.29. The highest BCUT2D eigenvalue weighted by Crippen LogP contribution is 2.20. The van der Waals surface area contributed by atoms with Crippen LogP contribution in [-0.2, 0) is 0 Å². The second kappa shape index (κ2) is 6.55. The molecule has 1 atom stereocenters. The van der Waals surface area contributed by atoms with Gasteiger partial charge in [-0.1, -0.05) is 12.1 Å². The molecule has 1 aromatic heterocycles. The van der Waals surface area contributed by atoms with Gasteiger partial charge in [-0.2, -0.15) is 0 Å². The summed E-state index contributed by atoms with van der Waals surface area (Å²) in [6, 6.07) is 12.0. The highest BCUT2D eigenvalue weighted by atomic mass is 35.5. The highest BCUT2D eigenvalue weighted by molar-refractivity contribution is 6.18. The van der Waals surface area contributed by atoms with Crippen LogP contribution in [0.3, 0.4) is 0 Å². The number of anilines is 1. The van der Waals surface area contributed by atoms with E-state index < -0.39 is 6.10 Å². The molecule has 19 heavy (non-hydrogen) atoms. The van der Waals surface area contributed by atoms with Gasteiger partial charge in [-0.3, -0.25) is 4.98 Å². The van der Waals surface area contributed by atoms with Gasteiger partial charge in [0.1, 0.15) is 0 Å². The quantitative estimate of drug-likeness (QED) is 0.825. The van der Waals surface area contributed by atoms with Gasteiger partial charge in [-0.05, 0) is 36.8 Å². The van der Waals surface area contributed by atoms with Gasteiger partial charge in [-0.25, -0.2) is 0 Å². The molecule has 4 heteroatoms. The predicted octanol–water partition coefficient (Wildman–Crippen LogP) is 3.07. The number of aromatic nitrogens is 1.